The highest BCUT2D eigenvalue weighted by atomic mass is 16.5. The topological polar surface area (TPSA) is 45.2 Å². The molecule has 136 valence electrons. The number of hydrogen-bond acceptors (Lipinski definition) is 5. The fraction of sp³-hybridized carbons (Fsp3) is 0.684. The van der Waals surface area contributed by atoms with Gasteiger partial charge in [-0.05, 0) is 25.0 Å². The number of benzene rings is 1. The average molecular weight is 336 g/mol. The van der Waals surface area contributed by atoms with Gasteiger partial charge in [0, 0.05) is 43.9 Å². The van der Waals surface area contributed by atoms with Gasteiger partial charge in [0.25, 0.3) is 0 Å². The monoisotopic (exact) mass is 336 g/mol. The van der Waals surface area contributed by atoms with E-state index in [0.717, 1.165) is 43.2 Å². The van der Waals surface area contributed by atoms with Crippen LogP contribution in [0.3, 0.4) is 0 Å². The predicted molar refractivity (Wildman–Crippen MR) is 96.8 cm³/mol. The van der Waals surface area contributed by atoms with Crippen LogP contribution in [0.2, 0.25) is 0 Å². The van der Waals surface area contributed by atoms with Crippen LogP contribution in [0.1, 0.15) is 32.4 Å². The molecule has 0 spiro atoms. The van der Waals surface area contributed by atoms with Gasteiger partial charge in [-0.15, -0.1) is 0 Å². The van der Waals surface area contributed by atoms with Crippen molar-refractivity contribution in [3.8, 4) is 11.5 Å². The zero-order chi connectivity index (χ0) is 17.7. The van der Waals surface area contributed by atoms with Gasteiger partial charge in [-0.1, -0.05) is 13.8 Å². The minimum Gasteiger partial charge on any atom is -0.497 e. The van der Waals surface area contributed by atoms with Crippen molar-refractivity contribution in [2.24, 2.45) is 5.92 Å². The Morgan fingerprint density at radius 1 is 1.21 bits per heavy atom. The third kappa shape index (κ3) is 4.41. The van der Waals surface area contributed by atoms with Crippen LogP contribution < -0.4 is 9.47 Å². The van der Waals surface area contributed by atoms with E-state index in [0.29, 0.717) is 12.0 Å². The Balaban J connectivity index is 2.17. The molecule has 0 aromatic heterocycles. The predicted octanol–water partition coefficient (Wildman–Crippen LogP) is 2.40. The van der Waals surface area contributed by atoms with Gasteiger partial charge in [0.1, 0.15) is 11.5 Å². The van der Waals surface area contributed by atoms with Gasteiger partial charge >= 0.3 is 0 Å². The highest BCUT2D eigenvalue weighted by molar-refractivity contribution is 5.42. The van der Waals surface area contributed by atoms with Crippen LogP contribution in [0.5, 0.6) is 11.5 Å². The molecule has 0 radical (unpaired) electrons. The highest BCUT2D eigenvalue weighted by Gasteiger charge is 2.31. The number of ether oxygens (including phenoxy) is 2. The lowest BCUT2D eigenvalue weighted by Crippen LogP contribution is -2.54. The summed E-state index contributed by atoms with van der Waals surface area (Å²) in [4.78, 5) is 4.91. The molecular formula is C19H32N2O3. The molecular weight excluding hydrogens is 304 g/mol. The number of aliphatic hydroxyl groups is 1. The van der Waals surface area contributed by atoms with Crippen LogP contribution in [0.25, 0.3) is 0 Å². The van der Waals surface area contributed by atoms with E-state index in [2.05, 4.69) is 30.6 Å². The largest absolute Gasteiger partial charge is 0.497 e. The molecule has 0 aliphatic carbocycles. The number of methoxy groups -OCH3 is 2. The maximum absolute atomic E-state index is 10.1. The van der Waals surface area contributed by atoms with E-state index < -0.39 is 0 Å². The molecule has 1 N–H and O–H groups in total. The summed E-state index contributed by atoms with van der Waals surface area (Å²) in [6, 6.07) is 6.16. The molecule has 1 heterocycles. The first-order chi connectivity index (χ1) is 11.5. The van der Waals surface area contributed by atoms with Gasteiger partial charge in [0.15, 0.2) is 0 Å². The van der Waals surface area contributed by atoms with Crippen LogP contribution in [0.15, 0.2) is 18.2 Å². The molecule has 5 nitrogen and oxygen atoms in total. The second kappa shape index (κ2) is 8.70. The molecule has 5 heteroatoms. The van der Waals surface area contributed by atoms with Crippen molar-refractivity contribution in [1.82, 2.24) is 9.80 Å². The summed E-state index contributed by atoms with van der Waals surface area (Å²) < 4.78 is 10.8. The van der Waals surface area contributed by atoms with E-state index in [1.807, 2.05) is 18.2 Å². The first kappa shape index (κ1) is 19.0. The first-order valence-electron chi connectivity index (χ1n) is 8.81. The van der Waals surface area contributed by atoms with Crippen LogP contribution in [-0.2, 0) is 0 Å². The average Bonchev–Trinajstić information content (AvgIpc) is 2.56. The Morgan fingerprint density at radius 2 is 1.96 bits per heavy atom. The molecule has 2 unspecified atom stereocenters. The summed E-state index contributed by atoms with van der Waals surface area (Å²) in [5, 5.41) is 10.1. The van der Waals surface area contributed by atoms with Crippen molar-refractivity contribution in [2.45, 2.75) is 32.9 Å². The van der Waals surface area contributed by atoms with Crippen LogP contribution in [-0.4, -0.2) is 68.0 Å². The number of aliphatic hydroxyl groups excluding tert-OH is 1. The summed E-state index contributed by atoms with van der Waals surface area (Å²) >= 11 is 0. The maximum Gasteiger partial charge on any atom is 0.127 e. The van der Waals surface area contributed by atoms with E-state index in [9.17, 15) is 5.11 Å². The smallest absolute Gasteiger partial charge is 0.127 e. The highest BCUT2D eigenvalue weighted by Crippen LogP contribution is 2.34. The van der Waals surface area contributed by atoms with Gasteiger partial charge in [0.05, 0.1) is 26.9 Å². The van der Waals surface area contributed by atoms with Gasteiger partial charge in [-0.3, -0.25) is 4.90 Å². The maximum atomic E-state index is 10.1. The van der Waals surface area contributed by atoms with Crippen LogP contribution in [0.4, 0.5) is 0 Å². The number of piperazine rings is 1. The summed E-state index contributed by atoms with van der Waals surface area (Å²) in [5.41, 5.74) is 1.02. The Kier molecular flexibility index (Phi) is 6.90. The lowest BCUT2D eigenvalue weighted by Gasteiger charge is -2.44. The Morgan fingerprint density at radius 3 is 2.50 bits per heavy atom. The van der Waals surface area contributed by atoms with Crippen molar-refractivity contribution in [3.05, 3.63) is 23.8 Å². The van der Waals surface area contributed by atoms with Crippen LogP contribution >= 0.6 is 0 Å². The third-order valence-corrected chi connectivity index (χ3v) is 4.76. The van der Waals surface area contributed by atoms with Crippen LogP contribution in [0, 0.1) is 5.92 Å². The third-order valence-electron chi connectivity index (χ3n) is 4.76. The minimum atomic E-state index is -0.0537. The molecule has 1 aromatic carbocycles. The van der Waals surface area contributed by atoms with Crippen molar-refractivity contribution in [3.63, 3.8) is 0 Å². The molecule has 1 aliphatic rings. The van der Waals surface area contributed by atoms with E-state index in [-0.39, 0.29) is 12.6 Å². The van der Waals surface area contributed by atoms with E-state index in [1.54, 1.807) is 14.2 Å². The quantitative estimate of drug-likeness (QED) is 0.828. The molecule has 1 fully saturated rings. The zero-order valence-electron chi connectivity index (χ0n) is 15.7. The van der Waals surface area contributed by atoms with Gasteiger partial charge in [-0.25, -0.2) is 0 Å². The standard InChI is InChI=1S/C19H32N2O3/c1-14(2)11-20-8-9-21(15(3)12-20)18(13-22)17-7-6-16(23-4)10-19(17)24-5/h6-7,10,14-15,18,22H,8-9,11-13H2,1-5H3. The van der Waals surface area contributed by atoms with Crippen molar-refractivity contribution >= 4 is 0 Å². The van der Waals surface area contributed by atoms with E-state index >= 15 is 0 Å². The van der Waals surface area contributed by atoms with Gasteiger partial charge in [-0.2, -0.15) is 0 Å². The van der Waals surface area contributed by atoms with Gasteiger partial charge < -0.3 is 19.5 Å². The number of nitrogens with zero attached hydrogens (tertiary/aromatic N) is 2. The summed E-state index contributed by atoms with van der Waals surface area (Å²) in [6.45, 7) is 11.0. The zero-order valence-corrected chi connectivity index (χ0v) is 15.7. The first-order valence-corrected chi connectivity index (χ1v) is 8.81. The van der Waals surface area contributed by atoms with Gasteiger partial charge in [0.2, 0.25) is 0 Å². The molecule has 24 heavy (non-hydrogen) atoms. The van der Waals surface area contributed by atoms with E-state index in [1.165, 1.54) is 0 Å². The molecule has 0 amide bonds. The minimum absolute atomic E-state index is 0.0537. The Labute approximate surface area is 146 Å². The normalized spacial score (nSPS) is 21.0. The molecule has 1 aliphatic heterocycles. The number of hydrogen-bond donors (Lipinski definition) is 1. The number of rotatable bonds is 7. The van der Waals surface area contributed by atoms with E-state index in [4.69, 9.17) is 9.47 Å². The fourth-order valence-electron chi connectivity index (χ4n) is 3.67. The Bertz CT molecular complexity index is 521. The molecule has 2 atom stereocenters. The lowest BCUT2D eigenvalue weighted by atomic mass is 10.0. The SMILES string of the molecule is COc1ccc(C(CO)N2CCN(CC(C)C)CC2C)c(OC)c1. The Hall–Kier alpha value is -1.30. The molecule has 1 saturated heterocycles. The summed E-state index contributed by atoms with van der Waals surface area (Å²) in [5.74, 6) is 2.21. The second-order valence-corrected chi connectivity index (χ2v) is 7.05. The van der Waals surface area contributed by atoms with Crippen molar-refractivity contribution in [1.29, 1.82) is 0 Å². The molecule has 1 aromatic rings. The molecule has 2 rings (SSSR count). The lowest BCUT2D eigenvalue weighted by molar-refractivity contribution is 0.0207. The second-order valence-electron chi connectivity index (χ2n) is 7.05. The summed E-state index contributed by atoms with van der Waals surface area (Å²) in [6.07, 6.45) is 0. The summed E-state index contributed by atoms with van der Waals surface area (Å²) in [7, 11) is 3.31. The van der Waals surface area contributed by atoms with Crippen molar-refractivity contribution in [2.75, 3.05) is 47.0 Å². The molecule has 0 saturated carbocycles. The van der Waals surface area contributed by atoms with Crippen molar-refractivity contribution < 1.29 is 14.6 Å². The fourth-order valence-corrected chi connectivity index (χ4v) is 3.67. The molecule has 0 bridgehead atoms.